The Bertz CT molecular complexity index is 675. The van der Waals surface area contributed by atoms with E-state index in [1.165, 1.54) is 0 Å². The summed E-state index contributed by atoms with van der Waals surface area (Å²) < 4.78 is 24.6. The summed E-state index contributed by atoms with van der Waals surface area (Å²) in [4.78, 5) is 4.45. The second-order valence-corrected chi connectivity index (χ2v) is 6.76. The molecular formula is C11H13N3O2S. The van der Waals surface area contributed by atoms with E-state index in [9.17, 15) is 8.42 Å². The van der Waals surface area contributed by atoms with E-state index in [1.54, 1.807) is 4.52 Å². The third kappa shape index (κ3) is 1.82. The molecule has 1 saturated heterocycles. The zero-order chi connectivity index (χ0) is 12.0. The molecule has 0 N–H and O–H groups in total. The highest BCUT2D eigenvalue weighted by atomic mass is 32.2. The standard InChI is InChI=1S/C11H13N3O2S/c1-8-3-2-5-14-11(8)12-10(13-14)9-4-6-17(15,16)7-9/h2-3,5,9H,4,6-7H2,1H3. The highest BCUT2D eigenvalue weighted by Gasteiger charge is 2.31. The van der Waals surface area contributed by atoms with Crippen LogP contribution < -0.4 is 0 Å². The molecule has 1 atom stereocenters. The number of aryl methyl sites for hydroxylation is 1. The van der Waals surface area contributed by atoms with Gasteiger partial charge in [-0.25, -0.2) is 17.9 Å². The van der Waals surface area contributed by atoms with Gasteiger partial charge in [-0.1, -0.05) is 6.07 Å². The van der Waals surface area contributed by atoms with Crippen LogP contribution in [0.2, 0.25) is 0 Å². The summed E-state index contributed by atoms with van der Waals surface area (Å²) in [5.74, 6) is 1.05. The van der Waals surface area contributed by atoms with Crippen molar-refractivity contribution in [1.29, 1.82) is 0 Å². The number of hydrogen-bond donors (Lipinski definition) is 0. The number of hydrogen-bond acceptors (Lipinski definition) is 4. The van der Waals surface area contributed by atoms with Crippen LogP contribution in [0.5, 0.6) is 0 Å². The maximum absolute atomic E-state index is 11.4. The van der Waals surface area contributed by atoms with Gasteiger partial charge in [0.25, 0.3) is 0 Å². The molecule has 17 heavy (non-hydrogen) atoms. The topological polar surface area (TPSA) is 64.3 Å². The van der Waals surface area contributed by atoms with Crippen LogP contribution in [0.15, 0.2) is 18.3 Å². The highest BCUT2D eigenvalue weighted by Crippen LogP contribution is 2.27. The fourth-order valence-electron chi connectivity index (χ4n) is 2.23. The molecule has 3 heterocycles. The van der Waals surface area contributed by atoms with Crippen LogP contribution in [-0.4, -0.2) is 34.5 Å². The molecule has 0 aromatic carbocycles. The molecule has 0 saturated carbocycles. The summed E-state index contributed by atoms with van der Waals surface area (Å²) in [5, 5.41) is 4.36. The average molecular weight is 251 g/mol. The number of pyridine rings is 1. The zero-order valence-electron chi connectivity index (χ0n) is 9.50. The van der Waals surface area contributed by atoms with Crippen molar-refractivity contribution in [2.75, 3.05) is 11.5 Å². The van der Waals surface area contributed by atoms with Crippen LogP contribution in [0.3, 0.4) is 0 Å². The lowest BCUT2D eigenvalue weighted by molar-refractivity contribution is 0.601. The Morgan fingerprint density at radius 2 is 2.29 bits per heavy atom. The summed E-state index contributed by atoms with van der Waals surface area (Å²) in [6.07, 6.45) is 2.47. The molecule has 1 aliphatic rings. The van der Waals surface area contributed by atoms with Gasteiger partial charge in [0.05, 0.1) is 11.5 Å². The largest absolute Gasteiger partial charge is 0.229 e. The number of fused-ring (bicyclic) bond motifs is 1. The van der Waals surface area contributed by atoms with E-state index >= 15 is 0 Å². The van der Waals surface area contributed by atoms with E-state index in [0.717, 1.165) is 11.2 Å². The molecule has 3 rings (SSSR count). The quantitative estimate of drug-likeness (QED) is 0.756. The zero-order valence-corrected chi connectivity index (χ0v) is 10.3. The average Bonchev–Trinajstić information content (AvgIpc) is 2.82. The normalized spacial score (nSPS) is 23.2. The summed E-state index contributed by atoms with van der Waals surface area (Å²) in [6.45, 7) is 1.97. The lowest BCUT2D eigenvalue weighted by Gasteiger charge is -1.98. The highest BCUT2D eigenvalue weighted by molar-refractivity contribution is 7.91. The summed E-state index contributed by atoms with van der Waals surface area (Å²) >= 11 is 0. The molecule has 0 aliphatic carbocycles. The maximum Gasteiger partial charge on any atom is 0.158 e. The Morgan fingerprint density at radius 1 is 1.47 bits per heavy atom. The molecule has 6 heteroatoms. The monoisotopic (exact) mass is 251 g/mol. The molecular weight excluding hydrogens is 238 g/mol. The second-order valence-electron chi connectivity index (χ2n) is 4.53. The van der Waals surface area contributed by atoms with Crippen molar-refractivity contribution in [1.82, 2.24) is 14.6 Å². The van der Waals surface area contributed by atoms with Gasteiger partial charge < -0.3 is 0 Å². The number of aromatic nitrogens is 3. The molecule has 1 unspecified atom stereocenters. The van der Waals surface area contributed by atoms with Crippen LogP contribution in [0.1, 0.15) is 23.7 Å². The first-order valence-corrected chi connectivity index (χ1v) is 7.40. The molecule has 0 radical (unpaired) electrons. The van der Waals surface area contributed by atoms with Crippen LogP contribution in [-0.2, 0) is 9.84 Å². The Balaban J connectivity index is 2.05. The van der Waals surface area contributed by atoms with Crippen molar-refractivity contribution in [3.8, 4) is 0 Å². The van der Waals surface area contributed by atoms with Crippen molar-refractivity contribution in [3.63, 3.8) is 0 Å². The predicted octanol–water partition coefficient (Wildman–Crippen LogP) is 0.940. The molecule has 0 bridgehead atoms. The van der Waals surface area contributed by atoms with E-state index in [2.05, 4.69) is 10.1 Å². The van der Waals surface area contributed by atoms with E-state index in [-0.39, 0.29) is 17.4 Å². The molecule has 0 amide bonds. The van der Waals surface area contributed by atoms with E-state index < -0.39 is 9.84 Å². The smallest absolute Gasteiger partial charge is 0.158 e. The van der Waals surface area contributed by atoms with Gasteiger partial charge in [0.2, 0.25) is 0 Å². The molecule has 0 spiro atoms. The van der Waals surface area contributed by atoms with Gasteiger partial charge in [-0.2, -0.15) is 5.10 Å². The van der Waals surface area contributed by atoms with Crippen molar-refractivity contribution in [2.45, 2.75) is 19.3 Å². The van der Waals surface area contributed by atoms with Gasteiger partial charge in [-0.3, -0.25) is 0 Å². The first-order chi connectivity index (χ1) is 8.05. The van der Waals surface area contributed by atoms with Gasteiger partial charge >= 0.3 is 0 Å². The lowest BCUT2D eigenvalue weighted by atomic mass is 10.1. The van der Waals surface area contributed by atoms with Gasteiger partial charge in [0, 0.05) is 12.1 Å². The van der Waals surface area contributed by atoms with Crippen LogP contribution in [0.25, 0.3) is 5.65 Å². The Labute approximate surface area is 99.4 Å². The minimum atomic E-state index is -2.88. The maximum atomic E-state index is 11.4. The van der Waals surface area contributed by atoms with E-state index in [0.29, 0.717) is 12.2 Å². The van der Waals surface area contributed by atoms with Gasteiger partial charge in [0.15, 0.2) is 21.3 Å². The number of rotatable bonds is 1. The lowest BCUT2D eigenvalue weighted by Crippen LogP contribution is -2.05. The predicted molar refractivity (Wildman–Crippen MR) is 63.7 cm³/mol. The Kier molecular flexibility index (Phi) is 2.22. The SMILES string of the molecule is Cc1cccn2nc(C3CCS(=O)(=O)C3)nc12. The molecule has 1 aliphatic heterocycles. The minimum Gasteiger partial charge on any atom is -0.229 e. The fourth-order valence-corrected chi connectivity index (χ4v) is 3.97. The number of nitrogens with zero attached hydrogens (tertiary/aromatic N) is 3. The van der Waals surface area contributed by atoms with Crippen molar-refractivity contribution < 1.29 is 8.42 Å². The van der Waals surface area contributed by atoms with Crippen molar-refractivity contribution in [3.05, 3.63) is 29.7 Å². The molecule has 5 nitrogen and oxygen atoms in total. The summed E-state index contributed by atoms with van der Waals surface area (Å²) in [5.41, 5.74) is 1.86. The first-order valence-electron chi connectivity index (χ1n) is 5.57. The second kappa shape index (κ2) is 3.53. The fraction of sp³-hybridized carbons (Fsp3) is 0.455. The first kappa shape index (κ1) is 10.7. The van der Waals surface area contributed by atoms with E-state index in [4.69, 9.17) is 0 Å². The summed E-state index contributed by atoms with van der Waals surface area (Å²) in [6, 6.07) is 3.88. The molecule has 90 valence electrons. The summed E-state index contributed by atoms with van der Waals surface area (Å²) in [7, 11) is -2.88. The van der Waals surface area contributed by atoms with Crippen molar-refractivity contribution >= 4 is 15.5 Å². The third-order valence-corrected chi connectivity index (χ3v) is 4.94. The van der Waals surface area contributed by atoms with Crippen LogP contribution >= 0.6 is 0 Å². The Hall–Kier alpha value is -1.43. The van der Waals surface area contributed by atoms with Crippen LogP contribution in [0.4, 0.5) is 0 Å². The van der Waals surface area contributed by atoms with Gasteiger partial charge in [-0.05, 0) is 25.0 Å². The van der Waals surface area contributed by atoms with Crippen molar-refractivity contribution in [2.24, 2.45) is 0 Å². The Morgan fingerprint density at radius 3 is 2.94 bits per heavy atom. The number of sulfone groups is 1. The minimum absolute atomic E-state index is 0.0423. The molecule has 2 aromatic rings. The van der Waals surface area contributed by atoms with E-state index in [1.807, 2.05) is 25.3 Å². The van der Waals surface area contributed by atoms with Gasteiger partial charge in [0.1, 0.15) is 0 Å². The molecule has 2 aromatic heterocycles. The van der Waals surface area contributed by atoms with Crippen LogP contribution in [0, 0.1) is 6.92 Å². The van der Waals surface area contributed by atoms with Gasteiger partial charge in [-0.15, -0.1) is 0 Å². The molecule has 1 fully saturated rings. The third-order valence-electron chi connectivity index (χ3n) is 3.17.